The summed E-state index contributed by atoms with van der Waals surface area (Å²) in [5, 5.41) is 11.0. The van der Waals surface area contributed by atoms with E-state index in [0.717, 1.165) is 17.7 Å². The number of hydrogen-bond donors (Lipinski definition) is 1. The third kappa shape index (κ3) is 8.57. The summed E-state index contributed by atoms with van der Waals surface area (Å²) in [6.07, 6.45) is 0. The fourth-order valence-electron chi connectivity index (χ4n) is 4.74. The van der Waals surface area contributed by atoms with E-state index in [9.17, 15) is 27.7 Å². The van der Waals surface area contributed by atoms with Gasteiger partial charge in [0.05, 0.1) is 12.3 Å². The van der Waals surface area contributed by atoms with E-state index in [0.29, 0.717) is 29.0 Å². The van der Waals surface area contributed by atoms with Crippen LogP contribution in [0.1, 0.15) is 40.9 Å². The Morgan fingerprint density at radius 3 is 2.32 bits per heavy atom. The number of halogens is 1. The van der Waals surface area contributed by atoms with Gasteiger partial charge in [-0.1, -0.05) is 62.4 Å². The first-order valence-electron chi connectivity index (χ1n) is 15.4. The van der Waals surface area contributed by atoms with E-state index in [1.807, 2.05) is 24.6 Å². The minimum Gasteiger partial charge on any atom is -0.493 e. The second-order valence-electron chi connectivity index (χ2n) is 11.7. The summed E-state index contributed by atoms with van der Waals surface area (Å²) >= 11 is 0. The predicted octanol–water partition coefficient (Wildman–Crippen LogP) is 7.33. The van der Waals surface area contributed by atoms with Crippen molar-refractivity contribution in [2.75, 3.05) is 6.61 Å². The first-order valence-corrected chi connectivity index (χ1v) is 16.9. The van der Waals surface area contributed by atoms with Crippen LogP contribution in [0.4, 0.5) is 10.2 Å². The van der Waals surface area contributed by atoms with Gasteiger partial charge in [-0.2, -0.15) is 8.42 Å². The molecule has 5 rings (SSSR count). The Morgan fingerprint density at radius 2 is 1.64 bits per heavy atom. The van der Waals surface area contributed by atoms with E-state index < -0.39 is 37.5 Å². The maximum absolute atomic E-state index is 14.6. The van der Waals surface area contributed by atoms with E-state index in [2.05, 4.69) is 9.97 Å². The van der Waals surface area contributed by atoms with E-state index in [-0.39, 0.29) is 41.2 Å². The number of nitrogens with one attached hydrogen (secondary N) is 1. The van der Waals surface area contributed by atoms with Gasteiger partial charge in [0.1, 0.15) is 29.5 Å². The Balaban J connectivity index is 1.48. The lowest BCUT2D eigenvalue weighted by atomic mass is 10.1. The zero-order valence-corrected chi connectivity index (χ0v) is 28.4. The van der Waals surface area contributed by atoms with Crippen LogP contribution in [-0.4, -0.2) is 35.8 Å². The average molecular weight is 701 g/mol. The highest BCUT2D eigenvalue weighted by Gasteiger charge is 2.30. The fourth-order valence-corrected chi connectivity index (χ4v) is 5.65. The number of pyridine rings is 2. The summed E-state index contributed by atoms with van der Waals surface area (Å²) in [6, 6.07) is 23.1. The van der Waals surface area contributed by atoms with Crippen molar-refractivity contribution < 1.29 is 36.7 Å². The van der Waals surface area contributed by atoms with Crippen molar-refractivity contribution in [1.29, 1.82) is 0 Å². The fraction of sp³-hybridized carbons (Fsp3) is 0.194. The molecule has 0 spiro atoms. The van der Waals surface area contributed by atoms with Gasteiger partial charge in [-0.15, -0.1) is 0 Å². The number of para-hydroxylation sites is 1. The van der Waals surface area contributed by atoms with Crippen LogP contribution < -0.4 is 18.9 Å². The molecule has 1 amide bonds. The maximum Gasteiger partial charge on any atom is 0.407 e. The number of nitro groups is 1. The van der Waals surface area contributed by atoms with Crippen molar-refractivity contribution in [3.63, 3.8) is 0 Å². The Morgan fingerprint density at radius 1 is 0.920 bits per heavy atom. The van der Waals surface area contributed by atoms with E-state index in [4.69, 9.17) is 14.2 Å². The topological polar surface area (TPSA) is 160 Å². The van der Waals surface area contributed by atoms with Crippen LogP contribution in [0.25, 0.3) is 11.3 Å². The number of amides is 1. The molecule has 0 bridgehead atoms. The van der Waals surface area contributed by atoms with Gasteiger partial charge in [0.25, 0.3) is 10.9 Å². The van der Waals surface area contributed by atoms with Crippen molar-refractivity contribution >= 4 is 21.7 Å². The zero-order valence-electron chi connectivity index (χ0n) is 27.5. The number of carbonyl (C=O) groups excluding carboxylic acids is 1. The second-order valence-corrected chi connectivity index (χ2v) is 13.3. The van der Waals surface area contributed by atoms with E-state index in [1.165, 1.54) is 24.3 Å². The first kappa shape index (κ1) is 35.4. The van der Waals surface area contributed by atoms with Crippen molar-refractivity contribution in [2.45, 2.75) is 39.3 Å². The predicted molar refractivity (Wildman–Crippen MR) is 182 cm³/mol. The normalized spacial score (nSPS) is 11.2. The zero-order chi connectivity index (χ0) is 36.0. The lowest BCUT2D eigenvalue weighted by Crippen LogP contribution is -2.31. The summed E-state index contributed by atoms with van der Waals surface area (Å²) < 4.78 is 60.6. The van der Waals surface area contributed by atoms with Gasteiger partial charge in [-0.25, -0.2) is 14.1 Å². The van der Waals surface area contributed by atoms with Gasteiger partial charge in [-0.05, 0) is 76.7 Å². The summed E-state index contributed by atoms with van der Waals surface area (Å²) in [4.78, 5) is 32.7. The van der Waals surface area contributed by atoms with E-state index in [1.54, 1.807) is 62.4 Å². The van der Waals surface area contributed by atoms with Crippen LogP contribution in [0.2, 0.25) is 0 Å². The number of sulfonamides is 1. The smallest absolute Gasteiger partial charge is 0.407 e. The molecule has 0 atom stereocenters. The number of ether oxygens (including phenoxy) is 3. The Bertz CT molecular complexity index is 2140. The molecule has 12 nitrogen and oxygen atoms in total. The standard InChI is InChI=1S/C36H33FN4O8S/c1-22(2)20-47-28-18-26(17-27(37)19-28)30-14-13-29(36(38-30)49-33-23(3)9-8-10-24(33)4)35(42)40-50(45,46)32-16-15-31(34(39-32)41(43)44)48-21-25-11-6-5-7-12-25/h5-19,22H,20-21H2,1-4H3,(H,40,42). The highest BCUT2D eigenvalue weighted by molar-refractivity contribution is 7.90. The number of benzene rings is 3. The molecule has 0 fully saturated rings. The molecule has 0 radical (unpaired) electrons. The summed E-state index contributed by atoms with van der Waals surface area (Å²) in [6.45, 7) is 7.81. The lowest BCUT2D eigenvalue weighted by molar-refractivity contribution is -0.391. The molecule has 0 aliphatic carbocycles. The van der Waals surface area contributed by atoms with Gasteiger partial charge in [0, 0.05) is 17.7 Å². The van der Waals surface area contributed by atoms with Gasteiger partial charge in [0.15, 0.2) is 0 Å². The average Bonchev–Trinajstić information content (AvgIpc) is 3.08. The van der Waals surface area contributed by atoms with Gasteiger partial charge in [-0.3, -0.25) is 4.79 Å². The quantitative estimate of drug-likeness (QED) is 0.0973. The molecule has 2 heterocycles. The number of nitrogens with zero attached hydrogens (tertiary/aromatic N) is 3. The number of rotatable bonds is 13. The van der Waals surface area contributed by atoms with Crippen LogP contribution in [0, 0.1) is 35.7 Å². The molecule has 258 valence electrons. The van der Waals surface area contributed by atoms with Crippen molar-refractivity contribution in [1.82, 2.24) is 14.7 Å². The number of carbonyl (C=O) groups is 1. The van der Waals surface area contributed by atoms with E-state index >= 15 is 0 Å². The third-order valence-electron chi connectivity index (χ3n) is 7.19. The molecule has 1 N–H and O–H groups in total. The molecule has 0 unspecified atom stereocenters. The summed E-state index contributed by atoms with van der Waals surface area (Å²) in [5.41, 5.74) is 2.38. The minimum absolute atomic E-state index is 0.0275. The molecule has 0 aliphatic rings. The highest BCUT2D eigenvalue weighted by Crippen LogP contribution is 2.33. The number of hydrogen-bond acceptors (Lipinski definition) is 10. The third-order valence-corrected chi connectivity index (χ3v) is 8.42. The summed E-state index contributed by atoms with van der Waals surface area (Å²) in [5.74, 6) is -2.28. The number of aromatic nitrogens is 2. The molecule has 5 aromatic rings. The lowest BCUT2D eigenvalue weighted by Gasteiger charge is -2.15. The maximum atomic E-state index is 14.6. The van der Waals surface area contributed by atoms with Crippen LogP contribution in [0.15, 0.2) is 96.0 Å². The van der Waals surface area contributed by atoms with Gasteiger partial charge in [0.2, 0.25) is 11.6 Å². The Labute approximate surface area is 288 Å². The SMILES string of the molecule is Cc1cccc(C)c1Oc1nc(-c2cc(F)cc(OCC(C)C)c2)ccc1C(=O)NS(=O)(=O)c1ccc(OCc2ccccc2)c([N+](=O)[O-])n1. The molecular formula is C36H33FN4O8S. The number of aryl methyl sites for hydroxylation is 2. The van der Waals surface area contributed by atoms with Crippen LogP contribution >= 0.6 is 0 Å². The van der Waals surface area contributed by atoms with Gasteiger partial charge < -0.3 is 24.3 Å². The molecule has 0 saturated carbocycles. The Kier molecular flexibility index (Phi) is 10.7. The van der Waals surface area contributed by atoms with Crippen LogP contribution in [0.5, 0.6) is 23.1 Å². The van der Waals surface area contributed by atoms with Crippen molar-refractivity contribution in [2.24, 2.45) is 5.92 Å². The monoisotopic (exact) mass is 700 g/mol. The Hall–Kier alpha value is -5.89. The molecular weight excluding hydrogens is 667 g/mol. The molecule has 2 aromatic heterocycles. The summed E-state index contributed by atoms with van der Waals surface area (Å²) in [7, 11) is -4.76. The molecule has 50 heavy (non-hydrogen) atoms. The second kappa shape index (κ2) is 15.1. The highest BCUT2D eigenvalue weighted by atomic mass is 32.2. The molecule has 0 saturated heterocycles. The van der Waals surface area contributed by atoms with Crippen molar-refractivity contribution in [3.8, 4) is 34.4 Å². The molecule has 0 aliphatic heterocycles. The largest absolute Gasteiger partial charge is 0.493 e. The van der Waals surface area contributed by atoms with Crippen LogP contribution in [-0.2, 0) is 16.6 Å². The van der Waals surface area contributed by atoms with Gasteiger partial charge >= 0.3 is 15.8 Å². The minimum atomic E-state index is -4.76. The first-order chi connectivity index (χ1) is 23.8. The molecule has 14 heteroatoms. The molecule has 3 aromatic carbocycles. The van der Waals surface area contributed by atoms with Crippen LogP contribution in [0.3, 0.4) is 0 Å². The van der Waals surface area contributed by atoms with Crippen molar-refractivity contribution in [3.05, 3.63) is 129 Å².